The number of rotatable bonds is 7. The molecule has 0 spiro atoms. The first-order chi connectivity index (χ1) is 20.6. The predicted molar refractivity (Wildman–Crippen MR) is 169 cm³/mol. The van der Waals surface area contributed by atoms with Crippen LogP contribution in [-0.2, 0) is 0 Å². The predicted octanol–water partition coefficient (Wildman–Crippen LogP) is 10.9. The minimum Gasteiger partial charge on any atom is -0.255 e. The molecule has 0 aliphatic heterocycles. The van der Waals surface area contributed by atoms with E-state index in [9.17, 15) is 0 Å². The Morgan fingerprint density at radius 1 is 0.357 bits per heavy atom. The molecule has 42 heavy (non-hydrogen) atoms. The highest BCUT2D eigenvalue weighted by Crippen LogP contribution is 2.29. The fourth-order valence-electron chi connectivity index (χ4n) is 4.40. The van der Waals surface area contributed by atoms with Gasteiger partial charge in [-0.15, -0.1) is 0 Å². The molecular formula is C36H28N6. The van der Waals surface area contributed by atoms with Crippen LogP contribution in [0.15, 0.2) is 154 Å². The molecule has 0 bridgehead atoms. The molecule has 6 nitrogen and oxygen atoms in total. The molecule has 6 aromatic rings. The van der Waals surface area contributed by atoms with Gasteiger partial charge in [0.15, 0.2) is 0 Å². The second-order valence-corrected chi connectivity index (χ2v) is 10.0. The van der Waals surface area contributed by atoms with Crippen molar-refractivity contribution in [1.82, 2.24) is 9.97 Å². The number of nitrogens with zero attached hydrogens (tertiary/aromatic N) is 6. The highest BCUT2D eigenvalue weighted by molar-refractivity contribution is 5.73. The molecule has 0 radical (unpaired) electrons. The van der Waals surface area contributed by atoms with E-state index in [-0.39, 0.29) is 0 Å². The van der Waals surface area contributed by atoms with Crippen molar-refractivity contribution in [2.24, 2.45) is 20.5 Å². The Morgan fingerprint density at radius 2 is 0.667 bits per heavy atom. The number of benzene rings is 4. The molecule has 0 unspecified atom stereocenters. The van der Waals surface area contributed by atoms with Crippen molar-refractivity contribution < 1.29 is 0 Å². The van der Waals surface area contributed by atoms with Crippen LogP contribution < -0.4 is 0 Å². The summed E-state index contributed by atoms with van der Waals surface area (Å²) in [6.07, 6.45) is 3.63. The SMILES string of the molecule is Cc1ccc(N=Nc2ccc(-c3ccnc(-c4cc(-c5ccc(N=Nc6ccc(C)cc6)cc5)ccn4)c3)cc2)cc1. The molecule has 2 heterocycles. The number of hydrogen-bond donors (Lipinski definition) is 0. The van der Waals surface area contributed by atoms with E-state index >= 15 is 0 Å². The molecule has 6 heteroatoms. The minimum absolute atomic E-state index is 0.797. The van der Waals surface area contributed by atoms with Gasteiger partial charge in [0.1, 0.15) is 0 Å². The van der Waals surface area contributed by atoms with Gasteiger partial charge in [-0.1, -0.05) is 59.7 Å². The van der Waals surface area contributed by atoms with Crippen LogP contribution in [-0.4, -0.2) is 9.97 Å². The van der Waals surface area contributed by atoms with Gasteiger partial charge in [-0.2, -0.15) is 20.5 Å². The van der Waals surface area contributed by atoms with Crippen molar-refractivity contribution >= 4 is 22.7 Å². The third-order valence-electron chi connectivity index (χ3n) is 6.81. The summed E-state index contributed by atoms with van der Waals surface area (Å²) < 4.78 is 0. The zero-order valence-corrected chi connectivity index (χ0v) is 23.4. The van der Waals surface area contributed by atoms with E-state index in [1.54, 1.807) is 0 Å². The van der Waals surface area contributed by atoms with Crippen molar-refractivity contribution in [2.45, 2.75) is 13.8 Å². The van der Waals surface area contributed by atoms with Crippen molar-refractivity contribution in [2.75, 3.05) is 0 Å². The highest BCUT2D eigenvalue weighted by atomic mass is 15.1. The third-order valence-corrected chi connectivity index (χ3v) is 6.81. The number of azo groups is 2. The zero-order valence-electron chi connectivity index (χ0n) is 23.4. The zero-order chi connectivity index (χ0) is 28.7. The average molecular weight is 545 g/mol. The smallest absolute Gasteiger partial charge is 0.0892 e. The second-order valence-electron chi connectivity index (χ2n) is 10.0. The summed E-state index contributed by atoms with van der Waals surface area (Å²) in [5, 5.41) is 17.4. The molecule has 0 saturated carbocycles. The minimum atomic E-state index is 0.797. The maximum atomic E-state index is 4.61. The largest absolute Gasteiger partial charge is 0.255 e. The molecule has 0 aliphatic rings. The van der Waals surface area contributed by atoms with E-state index in [1.165, 1.54) is 11.1 Å². The number of pyridine rings is 2. The third kappa shape index (κ3) is 6.57. The molecule has 6 rings (SSSR count). The second kappa shape index (κ2) is 12.3. The summed E-state index contributed by atoms with van der Waals surface area (Å²) in [5.74, 6) is 0. The van der Waals surface area contributed by atoms with Gasteiger partial charge >= 0.3 is 0 Å². The van der Waals surface area contributed by atoms with Gasteiger partial charge in [0.25, 0.3) is 0 Å². The van der Waals surface area contributed by atoms with E-state index in [1.807, 2.05) is 122 Å². The maximum absolute atomic E-state index is 4.61. The molecule has 0 atom stereocenters. The Labute approximate surface area is 245 Å². The van der Waals surface area contributed by atoms with Crippen molar-refractivity contribution in [3.63, 3.8) is 0 Å². The Morgan fingerprint density at radius 3 is 1.00 bits per heavy atom. The monoisotopic (exact) mass is 544 g/mol. The highest BCUT2D eigenvalue weighted by Gasteiger charge is 2.07. The molecule has 4 aromatic carbocycles. The van der Waals surface area contributed by atoms with Crippen LogP contribution in [0.4, 0.5) is 22.7 Å². The van der Waals surface area contributed by atoms with Crippen LogP contribution in [0.25, 0.3) is 33.6 Å². The maximum Gasteiger partial charge on any atom is 0.0892 e. The lowest BCUT2D eigenvalue weighted by Gasteiger charge is -2.07. The van der Waals surface area contributed by atoms with Crippen LogP contribution in [0.1, 0.15) is 11.1 Å². The Bertz CT molecular complexity index is 1720. The standard InChI is InChI=1S/C36H28N6/c1-25-3-11-31(12-4-25)39-41-33-15-7-27(8-16-33)29-19-21-37-35(23-29)36-24-30(20-22-38-36)28-9-17-34(18-10-28)42-40-32-13-5-26(2)6-14-32/h3-24H,1-2H3. The summed E-state index contributed by atoms with van der Waals surface area (Å²) in [6.45, 7) is 4.11. The van der Waals surface area contributed by atoms with Gasteiger partial charge in [0, 0.05) is 12.4 Å². The lowest BCUT2D eigenvalue weighted by molar-refractivity contribution is 1.23. The van der Waals surface area contributed by atoms with Gasteiger partial charge in [-0.25, -0.2) is 0 Å². The molecule has 0 saturated heterocycles. The topological polar surface area (TPSA) is 75.2 Å². The van der Waals surface area contributed by atoms with Gasteiger partial charge in [0.05, 0.1) is 34.1 Å². The van der Waals surface area contributed by atoms with Crippen molar-refractivity contribution in [3.05, 3.63) is 145 Å². The summed E-state index contributed by atoms with van der Waals surface area (Å²) in [5.41, 5.74) is 11.5. The Balaban J connectivity index is 1.17. The van der Waals surface area contributed by atoms with Crippen LogP contribution in [0.3, 0.4) is 0 Å². The molecule has 0 fully saturated rings. The number of hydrogen-bond acceptors (Lipinski definition) is 6. The fourth-order valence-corrected chi connectivity index (χ4v) is 4.40. The summed E-state index contributed by atoms with van der Waals surface area (Å²) >= 11 is 0. The van der Waals surface area contributed by atoms with Crippen LogP contribution >= 0.6 is 0 Å². The van der Waals surface area contributed by atoms with Gasteiger partial charge in [0.2, 0.25) is 0 Å². The Hall–Kier alpha value is -5.62. The van der Waals surface area contributed by atoms with Crippen LogP contribution in [0, 0.1) is 13.8 Å². The van der Waals surface area contributed by atoms with E-state index in [4.69, 9.17) is 0 Å². The molecule has 0 aliphatic carbocycles. The average Bonchev–Trinajstić information content (AvgIpc) is 3.05. The van der Waals surface area contributed by atoms with Crippen LogP contribution in [0.2, 0.25) is 0 Å². The summed E-state index contributed by atoms with van der Waals surface area (Å²) in [6, 6.07) is 40.1. The normalized spacial score (nSPS) is 11.4. The molecule has 202 valence electrons. The van der Waals surface area contributed by atoms with E-state index in [0.29, 0.717) is 0 Å². The lowest BCUT2D eigenvalue weighted by atomic mass is 10.0. The summed E-state index contributed by atoms with van der Waals surface area (Å²) in [7, 11) is 0. The molecule has 0 amide bonds. The van der Waals surface area contributed by atoms with Crippen molar-refractivity contribution in [3.8, 4) is 33.6 Å². The van der Waals surface area contributed by atoms with Gasteiger partial charge < -0.3 is 0 Å². The first-order valence-corrected chi connectivity index (χ1v) is 13.7. The first kappa shape index (κ1) is 26.6. The number of aryl methyl sites for hydroxylation is 2. The molecular weight excluding hydrogens is 516 g/mol. The van der Waals surface area contributed by atoms with E-state index in [0.717, 1.165) is 56.4 Å². The van der Waals surface area contributed by atoms with Gasteiger partial charge in [-0.3, -0.25) is 9.97 Å². The summed E-state index contributed by atoms with van der Waals surface area (Å²) in [4.78, 5) is 9.21. The van der Waals surface area contributed by atoms with Crippen LogP contribution in [0.5, 0.6) is 0 Å². The first-order valence-electron chi connectivity index (χ1n) is 13.7. The Kier molecular flexibility index (Phi) is 7.77. The van der Waals surface area contributed by atoms with E-state index < -0.39 is 0 Å². The fraction of sp³-hybridized carbons (Fsp3) is 0.0556. The lowest BCUT2D eigenvalue weighted by Crippen LogP contribution is -1.89. The van der Waals surface area contributed by atoms with E-state index in [2.05, 4.69) is 56.4 Å². The van der Waals surface area contributed by atoms with Gasteiger partial charge in [-0.05, 0) is 109 Å². The quantitative estimate of drug-likeness (QED) is 0.187. The number of aromatic nitrogens is 2. The molecule has 0 N–H and O–H groups in total. The molecule has 2 aromatic heterocycles. The van der Waals surface area contributed by atoms with Crippen molar-refractivity contribution in [1.29, 1.82) is 0 Å².